The van der Waals surface area contributed by atoms with Crippen LogP contribution in [0.4, 0.5) is 20.6 Å². The number of urea groups is 1. The Bertz CT molecular complexity index is 1160. The summed E-state index contributed by atoms with van der Waals surface area (Å²) >= 11 is 0. The fourth-order valence-electron chi connectivity index (χ4n) is 5.37. The number of aliphatic carboxylic acids is 1. The highest BCUT2D eigenvalue weighted by Gasteiger charge is 2.42. The summed E-state index contributed by atoms with van der Waals surface area (Å²) in [7, 11) is 0. The van der Waals surface area contributed by atoms with E-state index in [0.29, 0.717) is 24.1 Å². The Labute approximate surface area is 197 Å². The van der Waals surface area contributed by atoms with Crippen LogP contribution in [0.5, 0.6) is 0 Å². The molecule has 2 saturated carbocycles. The van der Waals surface area contributed by atoms with Gasteiger partial charge in [0.2, 0.25) is 0 Å². The number of carboxylic acid groups (broad SMARTS) is 1. The lowest BCUT2D eigenvalue weighted by molar-refractivity contribution is -0.144. The lowest BCUT2D eigenvalue weighted by atomic mass is 9.63. The molecule has 0 spiro atoms. The number of Topliss-reactive ketones (excluding diaryl/α,β-unsaturated/α-hetero) is 1. The minimum atomic E-state index is -0.931. The van der Waals surface area contributed by atoms with Gasteiger partial charge < -0.3 is 15.7 Å². The van der Waals surface area contributed by atoms with Crippen LogP contribution >= 0.6 is 0 Å². The summed E-state index contributed by atoms with van der Waals surface area (Å²) < 4.78 is 14.8. The predicted octanol–water partition coefficient (Wildman–Crippen LogP) is 5.30. The van der Waals surface area contributed by atoms with Crippen molar-refractivity contribution in [2.45, 2.75) is 44.4 Å². The summed E-state index contributed by atoms with van der Waals surface area (Å²) in [6.45, 7) is 0. The van der Waals surface area contributed by atoms with Gasteiger partial charge in [-0.2, -0.15) is 5.26 Å². The van der Waals surface area contributed by atoms with Crippen molar-refractivity contribution in [1.82, 2.24) is 0 Å². The molecule has 176 valence electrons. The van der Waals surface area contributed by atoms with Crippen molar-refractivity contribution >= 4 is 29.2 Å². The number of nitrogens with one attached hydrogen (secondary N) is 2. The first-order chi connectivity index (χ1) is 16.3. The lowest BCUT2D eigenvalue weighted by Crippen LogP contribution is -2.39. The molecule has 4 atom stereocenters. The number of anilines is 2. The molecule has 7 nitrogen and oxygen atoms in total. The third-order valence-electron chi connectivity index (χ3n) is 7.02. The number of amides is 2. The molecule has 0 radical (unpaired) electrons. The maximum Gasteiger partial charge on any atom is 0.323 e. The zero-order chi connectivity index (χ0) is 24.2. The van der Waals surface area contributed by atoms with Crippen molar-refractivity contribution in [3.8, 4) is 6.07 Å². The van der Waals surface area contributed by atoms with E-state index >= 15 is 0 Å². The molecule has 0 aromatic heterocycles. The molecular weight excluding hydrogens is 437 g/mol. The molecule has 4 rings (SSSR count). The van der Waals surface area contributed by atoms with Gasteiger partial charge in [-0.3, -0.25) is 9.59 Å². The number of fused-ring (bicyclic) bond motifs is 1. The first-order valence-electron chi connectivity index (χ1n) is 11.5. The van der Waals surface area contributed by atoms with E-state index in [-0.39, 0.29) is 41.6 Å². The van der Waals surface area contributed by atoms with Crippen molar-refractivity contribution in [2.75, 3.05) is 10.6 Å². The summed E-state index contributed by atoms with van der Waals surface area (Å²) in [4.78, 5) is 36.0. The highest BCUT2D eigenvalue weighted by Crippen LogP contribution is 2.46. The van der Waals surface area contributed by atoms with Crippen molar-refractivity contribution in [3.05, 3.63) is 59.4 Å². The normalized spacial score (nSPS) is 23.9. The second-order valence-electron chi connectivity index (χ2n) is 9.16. The molecule has 0 aliphatic heterocycles. The molecule has 2 aromatic carbocycles. The largest absolute Gasteiger partial charge is 0.481 e. The van der Waals surface area contributed by atoms with Crippen LogP contribution in [0.3, 0.4) is 0 Å². The summed E-state index contributed by atoms with van der Waals surface area (Å²) in [6.07, 6.45) is 3.54. The van der Waals surface area contributed by atoms with Crippen LogP contribution in [0, 0.1) is 34.9 Å². The summed E-state index contributed by atoms with van der Waals surface area (Å²) in [5.41, 5.74) is 1.72. The Morgan fingerprint density at radius 1 is 1.09 bits per heavy atom. The molecule has 0 heterocycles. The van der Waals surface area contributed by atoms with Crippen molar-refractivity contribution in [1.29, 1.82) is 5.26 Å². The maximum absolute atomic E-state index is 14.8. The molecule has 2 aliphatic carbocycles. The Kier molecular flexibility index (Phi) is 6.92. The van der Waals surface area contributed by atoms with Gasteiger partial charge in [0.25, 0.3) is 0 Å². The molecule has 2 aromatic rings. The van der Waals surface area contributed by atoms with E-state index in [4.69, 9.17) is 10.4 Å². The fourth-order valence-corrected chi connectivity index (χ4v) is 5.37. The number of nitrogens with zero attached hydrogens (tertiary/aromatic N) is 1. The Morgan fingerprint density at radius 2 is 1.91 bits per heavy atom. The van der Waals surface area contributed by atoms with E-state index in [1.165, 1.54) is 18.2 Å². The average Bonchev–Trinajstić information content (AvgIpc) is 2.82. The summed E-state index contributed by atoms with van der Waals surface area (Å²) in [5.74, 6) is -1.55. The molecule has 8 heteroatoms. The molecule has 2 amide bonds. The number of rotatable bonds is 5. The fraction of sp³-hybridized carbons (Fsp3) is 0.385. The van der Waals surface area contributed by atoms with Gasteiger partial charge in [0, 0.05) is 17.5 Å². The van der Waals surface area contributed by atoms with Crippen LogP contribution in [-0.4, -0.2) is 22.9 Å². The Morgan fingerprint density at radius 3 is 2.65 bits per heavy atom. The average molecular weight is 464 g/mol. The minimum Gasteiger partial charge on any atom is -0.481 e. The van der Waals surface area contributed by atoms with Gasteiger partial charge in [0.15, 0.2) is 0 Å². The summed E-state index contributed by atoms with van der Waals surface area (Å²) in [5, 5.41) is 23.1. The lowest BCUT2D eigenvalue weighted by Gasteiger charge is -2.41. The van der Waals surface area contributed by atoms with Gasteiger partial charge in [-0.1, -0.05) is 12.1 Å². The third-order valence-corrected chi connectivity index (χ3v) is 7.02. The maximum atomic E-state index is 14.8. The number of carbonyl (C=O) groups excluding carboxylic acids is 2. The molecular formula is C26H26FN3O4. The van der Waals surface area contributed by atoms with E-state index in [2.05, 4.69) is 10.6 Å². The number of benzene rings is 2. The monoisotopic (exact) mass is 463 g/mol. The quantitative estimate of drug-likeness (QED) is 0.556. The van der Waals surface area contributed by atoms with Gasteiger partial charge in [-0.25, -0.2) is 9.18 Å². The van der Waals surface area contributed by atoms with Gasteiger partial charge in [0.1, 0.15) is 11.6 Å². The zero-order valence-electron chi connectivity index (χ0n) is 18.6. The first-order valence-corrected chi connectivity index (χ1v) is 11.5. The number of halogens is 1. The number of carboxylic acids is 1. The highest BCUT2D eigenvalue weighted by atomic mass is 19.1. The zero-order valence-corrected chi connectivity index (χ0v) is 18.6. The number of hydrogen-bond donors (Lipinski definition) is 3. The number of hydrogen-bond acceptors (Lipinski definition) is 4. The first kappa shape index (κ1) is 23.4. The van der Waals surface area contributed by atoms with Gasteiger partial charge in [-0.05, 0) is 79.8 Å². The Balaban J connectivity index is 1.37. The van der Waals surface area contributed by atoms with Gasteiger partial charge in [-0.15, -0.1) is 0 Å². The second kappa shape index (κ2) is 10.0. The SMILES string of the molecule is N#Cc1cccc(NC(=O)Nc2ccc(C3CCC4C(=O)C(CC(=O)O)CCC4C3)cc2F)c1. The molecule has 3 N–H and O–H groups in total. The summed E-state index contributed by atoms with van der Waals surface area (Å²) in [6, 6.07) is 12.6. The van der Waals surface area contributed by atoms with Crippen LogP contribution in [0.25, 0.3) is 0 Å². The minimum absolute atomic E-state index is 0.0516. The number of ketones is 1. The molecule has 34 heavy (non-hydrogen) atoms. The topological polar surface area (TPSA) is 119 Å². The van der Waals surface area contributed by atoms with Crippen molar-refractivity contribution in [2.24, 2.45) is 17.8 Å². The van der Waals surface area contributed by atoms with Crippen LogP contribution in [0.2, 0.25) is 0 Å². The Hall–Kier alpha value is -3.73. The molecule has 0 bridgehead atoms. The molecule has 4 unspecified atom stereocenters. The molecule has 0 saturated heterocycles. The molecule has 2 fully saturated rings. The number of carbonyl (C=O) groups is 3. The van der Waals surface area contributed by atoms with Crippen LogP contribution in [0.1, 0.15) is 55.6 Å². The third kappa shape index (κ3) is 5.25. The van der Waals surface area contributed by atoms with E-state index in [1.54, 1.807) is 24.3 Å². The van der Waals surface area contributed by atoms with Gasteiger partial charge in [0.05, 0.1) is 23.7 Å². The van der Waals surface area contributed by atoms with Crippen molar-refractivity contribution in [3.63, 3.8) is 0 Å². The van der Waals surface area contributed by atoms with Crippen LogP contribution < -0.4 is 10.6 Å². The van der Waals surface area contributed by atoms with E-state index in [1.807, 2.05) is 6.07 Å². The van der Waals surface area contributed by atoms with E-state index < -0.39 is 17.8 Å². The number of nitriles is 1. The smallest absolute Gasteiger partial charge is 0.323 e. The van der Waals surface area contributed by atoms with E-state index in [0.717, 1.165) is 24.8 Å². The second-order valence-corrected chi connectivity index (χ2v) is 9.16. The van der Waals surface area contributed by atoms with Gasteiger partial charge >= 0.3 is 12.0 Å². The highest BCUT2D eigenvalue weighted by molar-refractivity contribution is 5.99. The van der Waals surface area contributed by atoms with Crippen LogP contribution in [-0.2, 0) is 9.59 Å². The standard InChI is InChI=1S/C26H26FN3O4/c27-22-12-17(7-9-23(22)30-26(34)29-20-3-1-2-15(10-20)14-28)16-6-8-21-18(11-16)4-5-19(25(21)33)13-24(31)32/h1-3,7,9-10,12,16,18-19,21H,4-6,8,11,13H2,(H,31,32)(H2,29,30,34). The van der Waals surface area contributed by atoms with Crippen molar-refractivity contribution < 1.29 is 23.9 Å². The molecule has 2 aliphatic rings. The van der Waals surface area contributed by atoms with E-state index in [9.17, 15) is 18.8 Å². The van der Waals surface area contributed by atoms with Crippen LogP contribution in [0.15, 0.2) is 42.5 Å². The predicted molar refractivity (Wildman–Crippen MR) is 124 cm³/mol.